The van der Waals surface area contributed by atoms with Gasteiger partial charge in [-0.1, -0.05) is 54.6 Å². The summed E-state index contributed by atoms with van der Waals surface area (Å²) in [6, 6.07) is 26.6. The van der Waals surface area contributed by atoms with Gasteiger partial charge in [0.05, 0.1) is 0 Å². The average molecular weight is 297 g/mol. The van der Waals surface area contributed by atoms with Crippen LogP contribution in [-0.4, -0.2) is 5.91 Å². The smallest absolute Gasteiger partial charge is 0.248 e. The second-order valence-electron chi connectivity index (χ2n) is 5.67. The number of primary amides is 1. The van der Waals surface area contributed by atoms with E-state index in [0.717, 1.165) is 11.1 Å². The van der Waals surface area contributed by atoms with E-state index in [0.29, 0.717) is 5.56 Å². The van der Waals surface area contributed by atoms with E-state index >= 15 is 0 Å². The van der Waals surface area contributed by atoms with E-state index in [9.17, 15) is 4.79 Å². The molecule has 4 aromatic carbocycles. The molecule has 0 saturated carbocycles. The summed E-state index contributed by atoms with van der Waals surface area (Å²) in [5, 5.41) is 4.88. The third-order valence-electron chi connectivity index (χ3n) is 4.23. The van der Waals surface area contributed by atoms with Crippen molar-refractivity contribution in [2.75, 3.05) is 0 Å². The van der Waals surface area contributed by atoms with Gasteiger partial charge in [0.25, 0.3) is 0 Å². The first-order valence-electron chi connectivity index (χ1n) is 7.54. The Kier molecular flexibility index (Phi) is 3.09. The number of carbonyl (C=O) groups is 1. The summed E-state index contributed by atoms with van der Waals surface area (Å²) in [5.74, 6) is -0.402. The van der Waals surface area contributed by atoms with Gasteiger partial charge in [0.1, 0.15) is 0 Å². The van der Waals surface area contributed by atoms with Gasteiger partial charge in [-0.25, -0.2) is 0 Å². The van der Waals surface area contributed by atoms with Gasteiger partial charge in [-0.3, -0.25) is 4.79 Å². The Morgan fingerprint density at radius 1 is 0.696 bits per heavy atom. The lowest BCUT2D eigenvalue weighted by Gasteiger charge is -2.09. The summed E-state index contributed by atoms with van der Waals surface area (Å²) >= 11 is 0. The molecule has 1 amide bonds. The minimum absolute atomic E-state index is 0.402. The van der Waals surface area contributed by atoms with Crippen LogP contribution >= 0.6 is 0 Å². The Morgan fingerprint density at radius 2 is 1.35 bits per heavy atom. The molecule has 23 heavy (non-hydrogen) atoms. The standard InChI is InChI=1S/C21H15NO/c22-21(23)15-10-8-14(9-11-15)19-7-3-6-18-12-16-4-1-2-5-17(16)13-20(18)19/h1-13H,(H2,22,23). The number of benzene rings is 4. The molecule has 0 bridgehead atoms. The van der Waals surface area contributed by atoms with Crippen LogP contribution in [-0.2, 0) is 0 Å². The summed E-state index contributed by atoms with van der Waals surface area (Å²) in [4.78, 5) is 11.2. The van der Waals surface area contributed by atoms with E-state index in [1.54, 1.807) is 12.1 Å². The summed E-state index contributed by atoms with van der Waals surface area (Å²) in [7, 11) is 0. The fourth-order valence-electron chi connectivity index (χ4n) is 3.03. The summed E-state index contributed by atoms with van der Waals surface area (Å²) in [6.45, 7) is 0. The fourth-order valence-corrected chi connectivity index (χ4v) is 3.03. The maximum atomic E-state index is 11.2. The first kappa shape index (κ1) is 13.5. The molecule has 2 nitrogen and oxygen atoms in total. The normalized spacial score (nSPS) is 11.0. The molecule has 0 aromatic heterocycles. The molecule has 110 valence electrons. The molecule has 0 saturated heterocycles. The van der Waals surface area contributed by atoms with Gasteiger partial charge in [0, 0.05) is 5.56 Å². The van der Waals surface area contributed by atoms with Crippen LogP contribution in [0, 0.1) is 0 Å². The van der Waals surface area contributed by atoms with Crippen molar-refractivity contribution < 1.29 is 4.79 Å². The lowest BCUT2D eigenvalue weighted by Crippen LogP contribution is -2.10. The SMILES string of the molecule is NC(=O)c1ccc(-c2cccc3cc4ccccc4cc23)cc1. The maximum absolute atomic E-state index is 11.2. The lowest BCUT2D eigenvalue weighted by molar-refractivity contribution is 0.100. The molecule has 4 rings (SSSR count). The van der Waals surface area contributed by atoms with Gasteiger partial charge in [0.15, 0.2) is 0 Å². The number of rotatable bonds is 2. The van der Waals surface area contributed by atoms with Crippen molar-refractivity contribution in [1.82, 2.24) is 0 Å². The van der Waals surface area contributed by atoms with Crippen molar-refractivity contribution >= 4 is 27.5 Å². The van der Waals surface area contributed by atoms with Gasteiger partial charge in [-0.05, 0) is 56.9 Å². The van der Waals surface area contributed by atoms with Gasteiger partial charge >= 0.3 is 0 Å². The van der Waals surface area contributed by atoms with E-state index in [2.05, 4.69) is 54.6 Å². The topological polar surface area (TPSA) is 43.1 Å². The molecule has 0 aliphatic rings. The van der Waals surface area contributed by atoms with E-state index in [4.69, 9.17) is 5.73 Å². The Bertz CT molecular complexity index is 1030. The number of amides is 1. The molecule has 0 atom stereocenters. The molecule has 0 fully saturated rings. The number of hydrogen-bond acceptors (Lipinski definition) is 1. The van der Waals surface area contributed by atoms with E-state index in [1.807, 2.05) is 12.1 Å². The van der Waals surface area contributed by atoms with Crippen LogP contribution < -0.4 is 5.73 Å². The van der Waals surface area contributed by atoms with Crippen molar-refractivity contribution in [2.45, 2.75) is 0 Å². The second-order valence-corrected chi connectivity index (χ2v) is 5.67. The molecule has 2 heteroatoms. The summed E-state index contributed by atoms with van der Waals surface area (Å²) in [6.07, 6.45) is 0. The zero-order valence-corrected chi connectivity index (χ0v) is 12.5. The van der Waals surface area contributed by atoms with Gasteiger partial charge in [-0.2, -0.15) is 0 Å². The zero-order chi connectivity index (χ0) is 15.8. The molecule has 0 spiro atoms. The molecule has 0 radical (unpaired) electrons. The largest absolute Gasteiger partial charge is 0.366 e. The van der Waals surface area contributed by atoms with Crippen molar-refractivity contribution in [3.05, 3.63) is 84.4 Å². The molecule has 2 N–H and O–H groups in total. The van der Waals surface area contributed by atoms with Gasteiger partial charge < -0.3 is 5.73 Å². The highest BCUT2D eigenvalue weighted by Crippen LogP contribution is 2.31. The van der Waals surface area contributed by atoms with Crippen molar-refractivity contribution in [2.24, 2.45) is 5.73 Å². The van der Waals surface area contributed by atoms with Crippen LogP contribution in [0.5, 0.6) is 0 Å². The minimum Gasteiger partial charge on any atom is -0.366 e. The van der Waals surface area contributed by atoms with Gasteiger partial charge in [-0.15, -0.1) is 0 Å². The lowest BCUT2D eigenvalue weighted by atomic mass is 9.95. The monoisotopic (exact) mass is 297 g/mol. The highest BCUT2D eigenvalue weighted by Gasteiger charge is 2.06. The Labute approximate surface area is 134 Å². The summed E-state index contributed by atoms with van der Waals surface area (Å²) in [5.41, 5.74) is 8.08. The molecule has 0 heterocycles. The molecule has 4 aromatic rings. The van der Waals surface area contributed by atoms with E-state index in [1.165, 1.54) is 21.5 Å². The maximum Gasteiger partial charge on any atom is 0.248 e. The van der Waals surface area contributed by atoms with Crippen LogP contribution in [0.15, 0.2) is 78.9 Å². The fraction of sp³-hybridized carbons (Fsp3) is 0. The number of fused-ring (bicyclic) bond motifs is 2. The predicted molar refractivity (Wildman–Crippen MR) is 95.4 cm³/mol. The van der Waals surface area contributed by atoms with Crippen LogP contribution in [0.4, 0.5) is 0 Å². The molecule has 0 aliphatic carbocycles. The van der Waals surface area contributed by atoms with Crippen LogP contribution in [0.2, 0.25) is 0 Å². The quantitative estimate of drug-likeness (QED) is 0.533. The number of hydrogen-bond donors (Lipinski definition) is 1. The van der Waals surface area contributed by atoms with E-state index in [-0.39, 0.29) is 0 Å². The van der Waals surface area contributed by atoms with Crippen LogP contribution in [0.1, 0.15) is 10.4 Å². The van der Waals surface area contributed by atoms with Crippen molar-refractivity contribution in [3.63, 3.8) is 0 Å². The van der Waals surface area contributed by atoms with E-state index < -0.39 is 5.91 Å². The minimum atomic E-state index is -0.402. The van der Waals surface area contributed by atoms with Crippen LogP contribution in [0.3, 0.4) is 0 Å². The highest BCUT2D eigenvalue weighted by atomic mass is 16.1. The molecule has 0 unspecified atom stereocenters. The number of carbonyl (C=O) groups excluding carboxylic acids is 1. The van der Waals surface area contributed by atoms with Crippen LogP contribution in [0.25, 0.3) is 32.7 Å². The third-order valence-corrected chi connectivity index (χ3v) is 4.23. The van der Waals surface area contributed by atoms with Gasteiger partial charge in [0.2, 0.25) is 5.91 Å². The Hall–Kier alpha value is -3.13. The second kappa shape index (κ2) is 5.25. The molecule has 0 aliphatic heterocycles. The highest BCUT2D eigenvalue weighted by molar-refractivity contribution is 6.05. The Balaban J connectivity index is 1.95. The molecular weight excluding hydrogens is 282 g/mol. The van der Waals surface area contributed by atoms with Crippen molar-refractivity contribution in [3.8, 4) is 11.1 Å². The zero-order valence-electron chi connectivity index (χ0n) is 12.5. The Morgan fingerprint density at radius 3 is 2.04 bits per heavy atom. The first-order chi connectivity index (χ1) is 11.2. The van der Waals surface area contributed by atoms with Crippen molar-refractivity contribution in [1.29, 1.82) is 0 Å². The molecular formula is C21H15NO. The average Bonchev–Trinajstić information content (AvgIpc) is 2.59. The first-order valence-corrected chi connectivity index (χ1v) is 7.54. The summed E-state index contributed by atoms with van der Waals surface area (Å²) < 4.78 is 0. The number of nitrogens with two attached hydrogens (primary N) is 1. The predicted octanol–water partition coefficient (Wildman–Crippen LogP) is 4.76. The third kappa shape index (κ3) is 2.34.